The monoisotopic (exact) mass is 696 g/mol. The molecule has 0 aromatic rings. The first-order chi connectivity index (χ1) is 24.1. The molecule has 2 atom stereocenters. The van der Waals surface area contributed by atoms with Gasteiger partial charge >= 0.3 is 11.9 Å². The lowest BCUT2D eigenvalue weighted by molar-refractivity contribution is -0.154. The van der Waals surface area contributed by atoms with Crippen molar-refractivity contribution in [3.63, 3.8) is 0 Å². The lowest BCUT2D eigenvalue weighted by atomic mass is 10.0. The molecule has 1 heterocycles. The highest BCUT2D eigenvalue weighted by atomic mass is 16.7. The van der Waals surface area contributed by atoms with Crippen LogP contribution in [0.3, 0.4) is 0 Å². The van der Waals surface area contributed by atoms with Gasteiger partial charge in [-0.2, -0.15) is 0 Å². The van der Waals surface area contributed by atoms with Crippen molar-refractivity contribution in [1.29, 1.82) is 0 Å². The van der Waals surface area contributed by atoms with Crippen LogP contribution in [0.1, 0.15) is 213 Å². The standard InChI is InChI=1S/C42H81NO6/c1-4-7-10-13-16-17-18-19-20-23-29-38(49-42(45)39-30-28-34-43-39)33-37-46-40(44)31-24-25-32-41(47-35-26-21-14-11-8-5-2)48-36-27-22-15-12-9-6-3/h38-39,41,43H,4-37H2,1-3H3/t38-,39+/m0/s1. The third kappa shape index (κ3) is 29.1. The maximum absolute atomic E-state index is 12.7. The summed E-state index contributed by atoms with van der Waals surface area (Å²) >= 11 is 0. The van der Waals surface area contributed by atoms with Gasteiger partial charge in [0.05, 0.1) is 6.61 Å². The second-order valence-corrected chi connectivity index (χ2v) is 14.6. The van der Waals surface area contributed by atoms with E-state index in [1.165, 1.54) is 116 Å². The first-order valence-corrected chi connectivity index (χ1v) is 21.4. The molecule has 1 N–H and O–H groups in total. The number of hydrogen-bond donors (Lipinski definition) is 1. The minimum atomic E-state index is -0.190. The number of carbonyl (C=O) groups excluding carboxylic acids is 2. The van der Waals surface area contributed by atoms with E-state index in [2.05, 4.69) is 26.1 Å². The number of ether oxygens (including phenoxy) is 4. The Morgan fingerprint density at radius 2 is 1.06 bits per heavy atom. The molecule has 7 nitrogen and oxygen atoms in total. The molecule has 0 unspecified atom stereocenters. The Balaban J connectivity index is 2.33. The van der Waals surface area contributed by atoms with Crippen molar-refractivity contribution in [3.8, 4) is 0 Å². The summed E-state index contributed by atoms with van der Waals surface area (Å²) in [6.45, 7) is 9.43. The van der Waals surface area contributed by atoms with Gasteiger partial charge in [-0.1, -0.05) is 143 Å². The van der Waals surface area contributed by atoms with E-state index in [0.29, 0.717) is 19.4 Å². The van der Waals surface area contributed by atoms with Crippen molar-refractivity contribution < 1.29 is 28.5 Å². The smallest absolute Gasteiger partial charge is 0.323 e. The highest BCUT2D eigenvalue weighted by Crippen LogP contribution is 2.18. The predicted octanol–water partition coefficient (Wildman–Crippen LogP) is 11.5. The molecular formula is C42H81NO6. The van der Waals surface area contributed by atoms with Crippen LogP contribution in [0.15, 0.2) is 0 Å². The summed E-state index contributed by atoms with van der Waals surface area (Å²) in [6, 6.07) is -0.189. The van der Waals surface area contributed by atoms with Crippen LogP contribution in [0, 0.1) is 0 Å². The number of unbranched alkanes of at least 4 members (excludes halogenated alkanes) is 20. The van der Waals surface area contributed by atoms with Crippen LogP contribution in [0.25, 0.3) is 0 Å². The summed E-state index contributed by atoms with van der Waals surface area (Å²) in [5.41, 5.74) is 0. The van der Waals surface area contributed by atoms with Gasteiger partial charge in [0.1, 0.15) is 12.1 Å². The normalized spacial score (nSPS) is 15.2. The largest absolute Gasteiger partial charge is 0.466 e. The number of rotatable bonds is 37. The highest BCUT2D eigenvalue weighted by molar-refractivity contribution is 5.76. The topological polar surface area (TPSA) is 83.1 Å². The number of hydrogen-bond acceptors (Lipinski definition) is 7. The second kappa shape index (κ2) is 35.2. The Bertz CT molecular complexity index is 710. The molecule has 1 aliphatic rings. The Kier molecular flexibility index (Phi) is 33.0. The van der Waals surface area contributed by atoms with Crippen molar-refractivity contribution in [2.24, 2.45) is 0 Å². The molecule has 0 radical (unpaired) electrons. The lowest BCUT2D eigenvalue weighted by Gasteiger charge is -2.20. The van der Waals surface area contributed by atoms with Crippen LogP contribution in [0.5, 0.6) is 0 Å². The molecule has 1 rings (SSSR count). The Hall–Kier alpha value is -1.18. The van der Waals surface area contributed by atoms with Crippen LogP contribution in [0.4, 0.5) is 0 Å². The van der Waals surface area contributed by atoms with Gasteiger partial charge in [-0.15, -0.1) is 0 Å². The number of nitrogens with one attached hydrogen (secondary N) is 1. The van der Waals surface area contributed by atoms with E-state index in [4.69, 9.17) is 18.9 Å². The van der Waals surface area contributed by atoms with Crippen molar-refractivity contribution >= 4 is 11.9 Å². The van der Waals surface area contributed by atoms with Crippen LogP contribution in [-0.4, -0.2) is 56.7 Å². The van der Waals surface area contributed by atoms with Gasteiger partial charge in [0.2, 0.25) is 0 Å². The van der Waals surface area contributed by atoms with E-state index in [9.17, 15) is 9.59 Å². The zero-order chi connectivity index (χ0) is 35.5. The molecule has 1 saturated heterocycles. The van der Waals surface area contributed by atoms with Crippen molar-refractivity contribution in [2.75, 3.05) is 26.4 Å². The molecule has 1 fully saturated rings. The Labute approximate surface area is 303 Å². The van der Waals surface area contributed by atoms with Crippen molar-refractivity contribution in [3.05, 3.63) is 0 Å². The van der Waals surface area contributed by atoms with Gasteiger partial charge < -0.3 is 24.3 Å². The van der Waals surface area contributed by atoms with Crippen LogP contribution >= 0.6 is 0 Å². The van der Waals surface area contributed by atoms with Gasteiger partial charge in [0.25, 0.3) is 0 Å². The molecule has 290 valence electrons. The third-order valence-electron chi connectivity index (χ3n) is 9.88. The van der Waals surface area contributed by atoms with E-state index in [1.54, 1.807) is 0 Å². The summed E-state index contributed by atoms with van der Waals surface area (Å²) in [5.74, 6) is -0.313. The Morgan fingerprint density at radius 3 is 1.57 bits per heavy atom. The summed E-state index contributed by atoms with van der Waals surface area (Å²) < 4.78 is 23.9. The van der Waals surface area contributed by atoms with Gasteiger partial charge in [-0.25, -0.2) is 0 Å². The van der Waals surface area contributed by atoms with E-state index < -0.39 is 0 Å². The summed E-state index contributed by atoms with van der Waals surface area (Å²) in [4.78, 5) is 25.3. The minimum Gasteiger partial charge on any atom is -0.466 e. The first-order valence-electron chi connectivity index (χ1n) is 21.4. The molecule has 0 aromatic carbocycles. The summed E-state index contributed by atoms with van der Waals surface area (Å²) in [6.07, 6.45) is 33.5. The maximum atomic E-state index is 12.7. The molecule has 1 aliphatic heterocycles. The van der Waals surface area contributed by atoms with E-state index in [0.717, 1.165) is 84.0 Å². The molecular weight excluding hydrogens is 614 g/mol. The SMILES string of the molecule is CCCCCCCCCCCC[C@@H](CCOC(=O)CCCCC(OCCCCCCCC)OCCCCCCCC)OC(=O)[C@H]1CCCN1. The zero-order valence-corrected chi connectivity index (χ0v) is 32.7. The fraction of sp³-hybridized carbons (Fsp3) is 0.952. The summed E-state index contributed by atoms with van der Waals surface area (Å²) in [5, 5.41) is 3.25. The maximum Gasteiger partial charge on any atom is 0.323 e. The van der Waals surface area contributed by atoms with Gasteiger partial charge in [-0.05, 0) is 64.3 Å². The number of carbonyl (C=O) groups is 2. The molecule has 0 aliphatic carbocycles. The van der Waals surface area contributed by atoms with Crippen LogP contribution < -0.4 is 5.32 Å². The predicted molar refractivity (Wildman–Crippen MR) is 204 cm³/mol. The zero-order valence-electron chi connectivity index (χ0n) is 32.7. The number of esters is 2. The summed E-state index contributed by atoms with van der Waals surface area (Å²) in [7, 11) is 0. The van der Waals surface area contributed by atoms with Gasteiger partial charge in [0.15, 0.2) is 6.29 Å². The van der Waals surface area contributed by atoms with Gasteiger partial charge in [-0.3, -0.25) is 9.59 Å². The van der Waals surface area contributed by atoms with Crippen LogP contribution in [-0.2, 0) is 28.5 Å². The lowest BCUT2D eigenvalue weighted by Crippen LogP contribution is -2.35. The van der Waals surface area contributed by atoms with Gasteiger partial charge in [0, 0.05) is 26.1 Å². The average molecular weight is 696 g/mol. The molecule has 0 amide bonds. The molecule has 0 aromatic heterocycles. The fourth-order valence-corrected chi connectivity index (χ4v) is 6.62. The third-order valence-corrected chi connectivity index (χ3v) is 9.88. The molecule has 0 saturated carbocycles. The fourth-order valence-electron chi connectivity index (χ4n) is 6.62. The van der Waals surface area contributed by atoms with Crippen molar-refractivity contribution in [2.45, 2.75) is 232 Å². The molecule has 0 spiro atoms. The Morgan fingerprint density at radius 1 is 0.571 bits per heavy atom. The second-order valence-electron chi connectivity index (χ2n) is 14.6. The van der Waals surface area contributed by atoms with E-state index >= 15 is 0 Å². The van der Waals surface area contributed by atoms with E-state index in [-0.39, 0.29) is 30.4 Å². The van der Waals surface area contributed by atoms with E-state index in [1.807, 2.05) is 0 Å². The first kappa shape index (κ1) is 45.8. The quantitative estimate of drug-likeness (QED) is 0.0393. The molecule has 49 heavy (non-hydrogen) atoms. The average Bonchev–Trinajstić information content (AvgIpc) is 3.65. The highest BCUT2D eigenvalue weighted by Gasteiger charge is 2.26. The van der Waals surface area contributed by atoms with Crippen molar-refractivity contribution in [1.82, 2.24) is 5.32 Å². The molecule has 7 heteroatoms. The van der Waals surface area contributed by atoms with Crippen LogP contribution in [0.2, 0.25) is 0 Å². The molecule has 0 bridgehead atoms. The minimum absolute atomic E-state index is 0.145.